The number of rotatable bonds is 4. The summed E-state index contributed by atoms with van der Waals surface area (Å²) < 4.78 is 5.18. The molecule has 0 aromatic heterocycles. The quantitative estimate of drug-likeness (QED) is 0.833. The summed E-state index contributed by atoms with van der Waals surface area (Å²) in [6, 6.07) is 13.3. The maximum absolute atomic E-state index is 9.32. The molecule has 0 heterocycles. The van der Waals surface area contributed by atoms with E-state index in [9.17, 15) is 5.26 Å². The Labute approximate surface area is 127 Å². The first-order chi connectivity index (χ1) is 9.69. The Balaban J connectivity index is 2.43. The number of nitriles is 1. The van der Waals surface area contributed by atoms with Gasteiger partial charge in [-0.1, -0.05) is 17.7 Å². The number of benzene rings is 2. The molecule has 0 fully saturated rings. The minimum atomic E-state index is 0.573. The highest BCUT2D eigenvalue weighted by Gasteiger charge is 2.09. The van der Waals surface area contributed by atoms with Crippen molar-refractivity contribution < 1.29 is 4.74 Å². The highest BCUT2D eigenvalue weighted by molar-refractivity contribution is 7.98. The van der Waals surface area contributed by atoms with Crippen molar-refractivity contribution in [2.75, 3.05) is 18.7 Å². The lowest BCUT2D eigenvalue weighted by molar-refractivity contribution is 0.415. The van der Waals surface area contributed by atoms with E-state index in [1.165, 1.54) is 11.8 Å². The van der Waals surface area contributed by atoms with Crippen LogP contribution in [0, 0.1) is 11.3 Å². The normalized spacial score (nSPS) is 9.90. The van der Waals surface area contributed by atoms with Crippen molar-refractivity contribution in [3.63, 3.8) is 0 Å². The predicted octanol–water partition coefficient (Wildman–Crippen LogP) is 4.69. The summed E-state index contributed by atoms with van der Waals surface area (Å²) in [5.74, 6) is 0.705. The van der Waals surface area contributed by atoms with Gasteiger partial charge in [0.05, 0.1) is 29.1 Å². The molecule has 2 rings (SSSR count). The molecule has 0 atom stereocenters. The SMILES string of the molecule is COc1ccc(Cl)c(Nc2cccc(SC)c2C#N)c1. The molecule has 0 aliphatic heterocycles. The Morgan fingerprint density at radius 1 is 1.25 bits per heavy atom. The second-order valence-corrected chi connectivity index (χ2v) is 5.22. The van der Waals surface area contributed by atoms with Gasteiger partial charge in [-0.25, -0.2) is 0 Å². The van der Waals surface area contributed by atoms with Crippen molar-refractivity contribution in [1.29, 1.82) is 5.26 Å². The maximum atomic E-state index is 9.32. The molecule has 5 heteroatoms. The van der Waals surface area contributed by atoms with E-state index in [1.54, 1.807) is 25.3 Å². The van der Waals surface area contributed by atoms with Gasteiger partial charge in [0.2, 0.25) is 0 Å². The number of ether oxygens (including phenoxy) is 1. The van der Waals surface area contributed by atoms with Crippen LogP contribution in [0.2, 0.25) is 5.02 Å². The van der Waals surface area contributed by atoms with Crippen molar-refractivity contribution in [3.8, 4) is 11.8 Å². The second kappa shape index (κ2) is 6.56. The maximum Gasteiger partial charge on any atom is 0.121 e. The van der Waals surface area contributed by atoms with E-state index < -0.39 is 0 Å². The topological polar surface area (TPSA) is 45.0 Å². The van der Waals surface area contributed by atoms with Crippen LogP contribution in [0.25, 0.3) is 0 Å². The number of hydrogen-bond acceptors (Lipinski definition) is 4. The van der Waals surface area contributed by atoms with Gasteiger partial charge in [0.1, 0.15) is 11.8 Å². The molecule has 0 aliphatic rings. The largest absolute Gasteiger partial charge is 0.497 e. The van der Waals surface area contributed by atoms with E-state index >= 15 is 0 Å². The Morgan fingerprint density at radius 2 is 2.05 bits per heavy atom. The smallest absolute Gasteiger partial charge is 0.121 e. The third-order valence-electron chi connectivity index (χ3n) is 2.80. The summed E-state index contributed by atoms with van der Waals surface area (Å²) in [5.41, 5.74) is 2.05. The minimum Gasteiger partial charge on any atom is -0.497 e. The summed E-state index contributed by atoms with van der Waals surface area (Å²) in [7, 11) is 1.60. The number of methoxy groups -OCH3 is 1. The van der Waals surface area contributed by atoms with Crippen LogP contribution in [0.1, 0.15) is 5.56 Å². The van der Waals surface area contributed by atoms with Crippen molar-refractivity contribution in [1.82, 2.24) is 0 Å². The van der Waals surface area contributed by atoms with Gasteiger partial charge < -0.3 is 10.1 Å². The Morgan fingerprint density at radius 3 is 2.70 bits per heavy atom. The van der Waals surface area contributed by atoms with Crippen molar-refractivity contribution in [2.24, 2.45) is 0 Å². The Hall–Kier alpha value is -1.83. The van der Waals surface area contributed by atoms with Crippen LogP contribution in [0.15, 0.2) is 41.3 Å². The highest BCUT2D eigenvalue weighted by Crippen LogP contribution is 2.33. The van der Waals surface area contributed by atoms with Gasteiger partial charge in [-0.05, 0) is 30.5 Å². The lowest BCUT2D eigenvalue weighted by atomic mass is 10.2. The van der Waals surface area contributed by atoms with E-state index in [0.717, 1.165) is 10.6 Å². The Kier molecular flexibility index (Phi) is 4.78. The van der Waals surface area contributed by atoms with Crippen LogP contribution < -0.4 is 10.1 Å². The predicted molar refractivity (Wildman–Crippen MR) is 84.2 cm³/mol. The van der Waals surface area contributed by atoms with Gasteiger partial charge >= 0.3 is 0 Å². The first-order valence-corrected chi connectivity index (χ1v) is 7.47. The number of nitrogens with one attached hydrogen (secondary N) is 1. The van der Waals surface area contributed by atoms with E-state index in [4.69, 9.17) is 16.3 Å². The van der Waals surface area contributed by atoms with Gasteiger partial charge in [-0.15, -0.1) is 11.8 Å². The molecule has 1 N–H and O–H groups in total. The lowest BCUT2D eigenvalue weighted by Gasteiger charge is -2.13. The van der Waals surface area contributed by atoms with E-state index in [1.807, 2.05) is 24.5 Å². The van der Waals surface area contributed by atoms with Crippen LogP contribution in [-0.2, 0) is 0 Å². The third-order valence-corrected chi connectivity index (χ3v) is 3.91. The van der Waals surface area contributed by atoms with Crippen LogP contribution in [0.5, 0.6) is 5.75 Å². The van der Waals surface area contributed by atoms with Gasteiger partial charge in [-0.2, -0.15) is 5.26 Å². The standard InChI is InChI=1S/C15H13ClN2OS/c1-19-10-6-7-12(16)14(8-10)18-13-4-3-5-15(20-2)11(13)9-17/h3-8,18H,1-2H3. The number of halogens is 1. The number of anilines is 2. The molecule has 2 aromatic carbocycles. The van der Waals surface area contributed by atoms with Gasteiger partial charge in [-0.3, -0.25) is 0 Å². The Bertz CT molecular complexity index is 667. The second-order valence-electron chi connectivity index (χ2n) is 3.97. The summed E-state index contributed by atoms with van der Waals surface area (Å²) in [5, 5.41) is 13.1. The molecule has 20 heavy (non-hydrogen) atoms. The number of thioether (sulfide) groups is 1. The fourth-order valence-corrected chi connectivity index (χ4v) is 2.53. The van der Waals surface area contributed by atoms with Crippen LogP contribution in [0.3, 0.4) is 0 Å². The summed E-state index contributed by atoms with van der Waals surface area (Å²) >= 11 is 7.70. The lowest BCUT2D eigenvalue weighted by Crippen LogP contribution is -1.96. The van der Waals surface area contributed by atoms with Crippen molar-refractivity contribution in [2.45, 2.75) is 4.90 Å². The fraction of sp³-hybridized carbons (Fsp3) is 0.133. The van der Waals surface area contributed by atoms with Crippen molar-refractivity contribution in [3.05, 3.63) is 47.0 Å². The van der Waals surface area contributed by atoms with Crippen LogP contribution >= 0.6 is 23.4 Å². The van der Waals surface area contributed by atoms with Gasteiger partial charge in [0.15, 0.2) is 0 Å². The summed E-state index contributed by atoms with van der Waals surface area (Å²) in [4.78, 5) is 0.927. The number of nitrogens with zero attached hydrogens (tertiary/aromatic N) is 1. The molecule has 102 valence electrons. The van der Waals surface area contributed by atoms with Crippen LogP contribution in [0.4, 0.5) is 11.4 Å². The average Bonchev–Trinajstić information content (AvgIpc) is 2.49. The molecule has 0 saturated heterocycles. The summed E-state index contributed by atoms with van der Waals surface area (Å²) in [6.45, 7) is 0. The summed E-state index contributed by atoms with van der Waals surface area (Å²) in [6.07, 6.45) is 1.94. The molecule has 0 unspecified atom stereocenters. The van der Waals surface area contributed by atoms with Crippen LogP contribution in [-0.4, -0.2) is 13.4 Å². The molecular formula is C15H13ClN2OS. The monoisotopic (exact) mass is 304 g/mol. The fourth-order valence-electron chi connectivity index (χ4n) is 1.79. The average molecular weight is 305 g/mol. The molecule has 3 nitrogen and oxygen atoms in total. The zero-order chi connectivity index (χ0) is 14.5. The van der Waals surface area contributed by atoms with E-state index in [0.29, 0.717) is 22.0 Å². The number of hydrogen-bond donors (Lipinski definition) is 1. The molecule has 0 amide bonds. The molecule has 0 radical (unpaired) electrons. The van der Waals surface area contributed by atoms with Gasteiger partial charge in [0, 0.05) is 11.0 Å². The van der Waals surface area contributed by atoms with Gasteiger partial charge in [0.25, 0.3) is 0 Å². The molecular weight excluding hydrogens is 292 g/mol. The van der Waals surface area contributed by atoms with Crippen molar-refractivity contribution >= 4 is 34.7 Å². The molecule has 0 saturated carbocycles. The molecule has 2 aromatic rings. The molecule has 0 spiro atoms. The van der Waals surface area contributed by atoms with E-state index in [2.05, 4.69) is 11.4 Å². The van der Waals surface area contributed by atoms with E-state index in [-0.39, 0.29) is 0 Å². The molecule has 0 bridgehead atoms. The third kappa shape index (κ3) is 3.01. The minimum absolute atomic E-state index is 0.573. The zero-order valence-corrected chi connectivity index (χ0v) is 12.7. The first-order valence-electron chi connectivity index (χ1n) is 5.87. The first kappa shape index (κ1) is 14.6. The highest BCUT2D eigenvalue weighted by atomic mass is 35.5. The zero-order valence-electron chi connectivity index (χ0n) is 11.1. The molecule has 0 aliphatic carbocycles.